The molecule has 1 aromatic carbocycles. The van der Waals surface area contributed by atoms with Gasteiger partial charge in [-0.3, -0.25) is 4.79 Å². The minimum atomic E-state index is -1.22. The van der Waals surface area contributed by atoms with E-state index in [0.717, 1.165) is 12.1 Å². The summed E-state index contributed by atoms with van der Waals surface area (Å²) in [6.45, 7) is 0. The van der Waals surface area contributed by atoms with Crippen molar-refractivity contribution in [2.45, 2.75) is 18.9 Å². The molecular formula is C11H11F2NO2. The third-order valence-electron chi connectivity index (χ3n) is 2.97. The molecule has 0 aliphatic heterocycles. The number of carbonyl (C=O) groups is 1. The van der Waals surface area contributed by atoms with Gasteiger partial charge in [0.15, 0.2) is 0 Å². The van der Waals surface area contributed by atoms with Crippen LogP contribution in [-0.2, 0) is 11.2 Å². The molecule has 0 spiro atoms. The number of carbonyl (C=O) groups excluding carboxylic acids is 1. The second kappa shape index (κ2) is 3.83. The average Bonchev–Trinajstić information content (AvgIpc) is 2.19. The highest BCUT2D eigenvalue weighted by atomic mass is 19.1. The number of rotatable bonds is 1. The summed E-state index contributed by atoms with van der Waals surface area (Å²) in [6, 6.07) is 1.83. The Hall–Kier alpha value is -1.49. The third-order valence-corrected chi connectivity index (χ3v) is 2.97. The smallest absolute Gasteiger partial charge is 0.223 e. The van der Waals surface area contributed by atoms with Crippen LogP contribution in [0.25, 0.3) is 0 Å². The zero-order valence-corrected chi connectivity index (χ0v) is 8.41. The van der Waals surface area contributed by atoms with Gasteiger partial charge < -0.3 is 10.8 Å². The van der Waals surface area contributed by atoms with E-state index in [1.165, 1.54) is 0 Å². The van der Waals surface area contributed by atoms with Crippen LogP contribution in [0, 0.1) is 17.6 Å². The molecule has 1 amide bonds. The van der Waals surface area contributed by atoms with E-state index in [1.807, 2.05) is 0 Å². The van der Waals surface area contributed by atoms with Crippen LogP contribution in [0.15, 0.2) is 12.1 Å². The molecule has 0 aromatic heterocycles. The standard InChI is InChI=1S/C11H11F2NO2/c12-5-3-8-6(9(13)4-5)1-2-7(10(8)15)11(14)16/h3-4,7,10,15H,1-2H2,(H2,14,16). The number of benzene rings is 1. The lowest BCUT2D eigenvalue weighted by Crippen LogP contribution is -2.33. The van der Waals surface area contributed by atoms with Crippen LogP contribution in [-0.4, -0.2) is 11.0 Å². The highest BCUT2D eigenvalue weighted by molar-refractivity contribution is 5.78. The first-order chi connectivity index (χ1) is 7.50. The molecule has 86 valence electrons. The first-order valence-electron chi connectivity index (χ1n) is 4.96. The Labute approximate surface area is 90.9 Å². The quantitative estimate of drug-likeness (QED) is 0.753. The minimum absolute atomic E-state index is 0.132. The first kappa shape index (κ1) is 11.0. The molecule has 1 aliphatic carbocycles. The Morgan fingerprint density at radius 3 is 2.75 bits per heavy atom. The summed E-state index contributed by atoms with van der Waals surface area (Å²) in [5.74, 6) is -2.87. The molecule has 0 saturated carbocycles. The van der Waals surface area contributed by atoms with Gasteiger partial charge in [0, 0.05) is 6.07 Å². The fourth-order valence-corrected chi connectivity index (χ4v) is 2.12. The highest BCUT2D eigenvalue weighted by Crippen LogP contribution is 2.35. The number of amides is 1. The number of aliphatic hydroxyl groups excluding tert-OH is 1. The van der Waals surface area contributed by atoms with Crippen molar-refractivity contribution >= 4 is 5.91 Å². The van der Waals surface area contributed by atoms with Crippen LogP contribution < -0.4 is 5.73 Å². The van der Waals surface area contributed by atoms with Crippen LogP contribution in [0.3, 0.4) is 0 Å². The molecule has 16 heavy (non-hydrogen) atoms. The Bertz CT molecular complexity index is 448. The monoisotopic (exact) mass is 227 g/mol. The van der Waals surface area contributed by atoms with Gasteiger partial charge in [-0.15, -0.1) is 0 Å². The molecule has 0 fully saturated rings. The maximum atomic E-state index is 13.4. The molecule has 5 heteroatoms. The zero-order valence-electron chi connectivity index (χ0n) is 8.41. The van der Waals surface area contributed by atoms with E-state index >= 15 is 0 Å². The zero-order chi connectivity index (χ0) is 11.9. The number of hydrogen-bond donors (Lipinski definition) is 2. The van der Waals surface area contributed by atoms with E-state index in [1.54, 1.807) is 0 Å². The second-order valence-corrected chi connectivity index (χ2v) is 3.95. The van der Waals surface area contributed by atoms with Crippen LogP contribution in [0.5, 0.6) is 0 Å². The molecule has 1 aliphatic rings. The Morgan fingerprint density at radius 1 is 1.44 bits per heavy atom. The van der Waals surface area contributed by atoms with Gasteiger partial charge in [-0.1, -0.05) is 0 Å². The van der Waals surface area contributed by atoms with E-state index in [0.29, 0.717) is 0 Å². The van der Waals surface area contributed by atoms with Crippen molar-refractivity contribution in [2.24, 2.45) is 11.7 Å². The molecule has 2 atom stereocenters. The highest BCUT2D eigenvalue weighted by Gasteiger charge is 2.33. The van der Waals surface area contributed by atoms with Gasteiger partial charge >= 0.3 is 0 Å². The van der Waals surface area contributed by atoms with Gasteiger partial charge in [-0.2, -0.15) is 0 Å². The van der Waals surface area contributed by atoms with Gasteiger partial charge in [0.05, 0.1) is 12.0 Å². The number of aliphatic hydroxyl groups is 1. The largest absolute Gasteiger partial charge is 0.388 e. The van der Waals surface area contributed by atoms with Crippen molar-refractivity contribution in [3.8, 4) is 0 Å². The average molecular weight is 227 g/mol. The summed E-state index contributed by atoms with van der Waals surface area (Å²) in [5, 5.41) is 9.81. The van der Waals surface area contributed by atoms with Crippen molar-refractivity contribution in [3.05, 3.63) is 34.9 Å². The maximum absolute atomic E-state index is 13.4. The molecule has 2 unspecified atom stereocenters. The van der Waals surface area contributed by atoms with Crippen molar-refractivity contribution in [3.63, 3.8) is 0 Å². The summed E-state index contributed by atoms with van der Waals surface area (Å²) in [5.41, 5.74) is 5.51. The predicted molar refractivity (Wildman–Crippen MR) is 52.3 cm³/mol. The van der Waals surface area contributed by atoms with E-state index in [4.69, 9.17) is 5.73 Å². The van der Waals surface area contributed by atoms with Crippen molar-refractivity contribution in [2.75, 3.05) is 0 Å². The summed E-state index contributed by atoms with van der Waals surface area (Å²) < 4.78 is 26.4. The molecule has 3 N–H and O–H groups in total. The van der Waals surface area contributed by atoms with Crippen molar-refractivity contribution in [1.29, 1.82) is 0 Å². The molecule has 0 bridgehead atoms. The molecule has 3 nitrogen and oxygen atoms in total. The van der Waals surface area contributed by atoms with E-state index in [-0.39, 0.29) is 24.0 Å². The van der Waals surface area contributed by atoms with E-state index < -0.39 is 29.6 Å². The number of halogens is 2. The molecule has 2 rings (SSSR count). The van der Waals surface area contributed by atoms with Gasteiger partial charge in [0.25, 0.3) is 0 Å². The van der Waals surface area contributed by atoms with Gasteiger partial charge in [0.2, 0.25) is 5.91 Å². The fourth-order valence-electron chi connectivity index (χ4n) is 2.12. The van der Waals surface area contributed by atoms with Crippen LogP contribution in [0.1, 0.15) is 23.7 Å². The third kappa shape index (κ3) is 1.67. The Kier molecular flexibility index (Phi) is 2.63. The molecule has 0 heterocycles. The lowest BCUT2D eigenvalue weighted by atomic mass is 9.81. The molecule has 0 saturated heterocycles. The molecule has 1 aromatic rings. The van der Waals surface area contributed by atoms with Crippen LogP contribution in [0.2, 0.25) is 0 Å². The molecular weight excluding hydrogens is 216 g/mol. The summed E-state index contributed by atoms with van der Waals surface area (Å²) >= 11 is 0. The van der Waals surface area contributed by atoms with Crippen molar-refractivity contribution in [1.82, 2.24) is 0 Å². The van der Waals surface area contributed by atoms with E-state index in [9.17, 15) is 18.7 Å². The summed E-state index contributed by atoms with van der Waals surface area (Å²) in [4.78, 5) is 11.0. The van der Waals surface area contributed by atoms with Gasteiger partial charge in [-0.05, 0) is 30.0 Å². The van der Waals surface area contributed by atoms with Crippen LogP contribution >= 0.6 is 0 Å². The number of hydrogen-bond acceptors (Lipinski definition) is 2. The molecule has 0 radical (unpaired) electrons. The number of nitrogens with two attached hydrogens (primary N) is 1. The van der Waals surface area contributed by atoms with Gasteiger partial charge in [-0.25, -0.2) is 8.78 Å². The second-order valence-electron chi connectivity index (χ2n) is 3.95. The number of primary amides is 1. The number of fused-ring (bicyclic) bond motifs is 1. The fraction of sp³-hybridized carbons (Fsp3) is 0.364. The van der Waals surface area contributed by atoms with Gasteiger partial charge in [0.1, 0.15) is 11.6 Å². The summed E-state index contributed by atoms with van der Waals surface area (Å²) in [7, 11) is 0. The van der Waals surface area contributed by atoms with E-state index in [2.05, 4.69) is 0 Å². The Morgan fingerprint density at radius 2 is 2.12 bits per heavy atom. The van der Waals surface area contributed by atoms with Crippen LogP contribution in [0.4, 0.5) is 8.78 Å². The predicted octanol–water partition coefficient (Wildman–Crippen LogP) is 1.05. The maximum Gasteiger partial charge on any atom is 0.223 e. The normalized spacial score (nSPS) is 23.9. The topological polar surface area (TPSA) is 63.3 Å². The van der Waals surface area contributed by atoms with Crippen molar-refractivity contribution < 1.29 is 18.7 Å². The SMILES string of the molecule is NC(=O)C1CCc2c(F)cc(F)cc2C1O. The Balaban J connectivity index is 2.48. The summed E-state index contributed by atoms with van der Waals surface area (Å²) in [6.07, 6.45) is -0.649. The lowest BCUT2D eigenvalue weighted by molar-refractivity contribution is -0.126. The minimum Gasteiger partial charge on any atom is -0.388 e. The first-order valence-corrected chi connectivity index (χ1v) is 4.96. The lowest BCUT2D eigenvalue weighted by Gasteiger charge is -2.28.